The quantitative estimate of drug-likeness (QED) is 0.808. The summed E-state index contributed by atoms with van der Waals surface area (Å²) in [5.74, 6) is -0.539. The molecule has 0 radical (unpaired) electrons. The fraction of sp³-hybridized carbons (Fsp3) is 0.143. The number of hydrogen-bond donors (Lipinski definition) is 2. The molecule has 112 valence electrons. The molecule has 0 atom stereocenters. The second kappa shape index (κ2) is 5.65. The van der Waals surface area contributed by atoms with Crippen LogP contribution >= 0.6 is 15.9 Å². The number of hydrogen-bond acceptors (Lipinski definition) is 3. The highest BCUT2D eigenvalue weighted by atomic mass is 79.9. The average Bonchev–Trinajstić information content (AvgIpc) is 2.38. The first-order chi connectivity index (χ1) is 9.72. The predicted molar refractivity (Wildman–Crippen MR) is 85.2 cm³/mol. The summed E-state index contributed by atoms with van der Waals surface area (Å²) in [5.41, 5.74) is 7.37. The number of rotatable bonds is 3. The Kier molecular flexibility index (Phi) is 4.25. The number of aryl methyl sites for hydroxylation is 1. The highest BCUT2D eigenvalue weighted by molar-refractivity contribution is 9.10. The van der Waals surface area contributed by atoms with Crippen molar-refractivity contribution in [3.8, 4) is 0 Å². The van der Waals surface area contributed by atoms with Gasteiger partial charge in [0.05, 0.1) is 15.1 Å². The molecule has 4 nitrogen and oxygen atoms in total. The van der Waals surface area contributed by atoms with Crippen LogP contribution in [0.4, 0.5) is 15.8 Å². The van der Waals surface area contributed by atoms with E-state index >= 15 is 0 Å². The van der Waals surface area contributed by atoms with Crippen molar-refractivity contribution in [3.05, 3.63) is 51.7 Å². The molecule has 3 N–H and O–H groups in total. The number of nitrogens with one attached hydrogen (secondary N) is 1. The van der Waals surface area contributed by atoms with Crippen molar-refractivity contribution < 1.29 is 12.8 Å². The van der Waals surface area contributed by atoms with Gasteiger partial charge in [0.1, 0.15) is 5.82 Å². The first-order valence-corrected chi connectivity index (χ1v) is 8.33. The molecule has 0 unspecified atom stereocenters. The van der Waals surface area contributed by atoms with Gasteiger partial charge in [0, 0.05) is 5.69 Å². The van der Waals surface area contributed by atoms with Crippen molar-refractivity contribution in [3.63, 3.8) is 0 Å². The second-order valence-corrected chi connectivity index (χ2v) is 7.16. The molecule has 0 bridgehead atoms. The van der Waals surface area contributed by atoms with Crippen LogP contribution < -0.4 is 10.5 Å². The fourth-order valence-electron chi connectivity index (χ4n) is 1.88. The zero-order valence-electron chi connectivity index (χ0n) is 11.4. The molecule has 2 aromatic carbocycles. The van der Waals surface area contributed by atoms with Gasteiger partial charge in [0.2, 0.25) is 0 Å². The normalized spacial score (nSPS) is 11.4. The van der Waals surface area contributed by atoms with Crippen molar-refractivity contribution in [2.75, 3.05) is 10.5 Å². The van der Waals surface area contributed by atoms with E-state index in [-0.39, 0.29) is 15.1 Å². The zero-order valence-corrected chi connectivity index (χ0v) is 13.8. The smallest absolute Gasteiger partial charge is 0.262 e. The van der Waals surface area contributed by atoms with E-state index in [9.17, 15) is 12.8 Å². The Labute approximate surface area is 131 Å². The van der Waals surface area contributed by atoms with Crippen LogP contribution in [0.25, 0.3) is 0 Å². The van der Waals surface area contributed by atoms with Crippen molar-refractivity contribution in [2.24, 2.45) is 0 Å². The lowest BCUT2D eigenvalue weighted by Gasteiger charge is -2.14. The van der Waals surface area contributed by atoms with Gasteiger partial charge < -0.3 is 5.73 Å². The molecule has 0 saturated heterocycles. The average molecular weight is 373 g/mol. The van der Waals surface area contributed by atoms with Gasteiger partial charge >= 0.3 is 0 Å². The van der Waals surface area contributed by atoms with E-state index in [1.54, 1.807) is 26.0 Å². The lowest BCUT2D eigenvalue weighted by Crippen LogP contribution is -2.15. The number of anilines is 2. The standard InChI is InChI=1S/C14H14BrFN2O2S/c1-8-6-10(15)11(16)7-13(8)18-21(19,20)14-5-3-4-12(17)9(14)2/h3-7,18H,17H2,1-2H3. The molecule has 0 aliphatic carbocycles. The van der Waals surface area contributed by atoms with Crippen LogP contribution in [0.3, 0.4) is 0 Å². The van der Waals surface area contributed by atoms with E-state index in [0.717, 1.165) is 6.07 Å². The third-order valence-electron chi connectivity index (χ3n) is 3.13. The number of halogens is 2. The molecule has 0 saturated carbocycles. The molecule has 0 aromatic heterocycles. The largest absolute Gasteiger partial charge is 0.398 e. The number of nitrogens with two attached hydrogens (primary N) is 1. The van der Waals surface area contributed by atoms with E-state index in [0.29, 0.717) is 16.8 Å². The Balaban J connectivity index is 2.47. The van der Waals surface area contributed by atoms with Gasteiger partial charge in [0.15, 0.2) is 0 Å². The molecule has 0 aliphatic heterocycles. The Hall–Kier alpha value is -1.60. The van der Waals surface area contributed by atoms with Gasteiger partial charge in [-0.3, -0.25) is 4.72 Å². The summed E-state index contributed by atoms with van der Waals surface area (Å²) >= 11 is 3.06. The third kappa shape index (κ3) is 3.19. The maximum atomic E-state index is 13.6. The summed E-state index contributed by atoms with van der Waals surface area (Å²) in [4.78, 5) is 0.0743. The number of nitrogen functional groups attached to an aromatic ring is 1. The molecule has 0 aliphatic rings. The second-order valence-electron chi connectivity index (χ2n) is 4.66. The SMILES string of the molecule is Cc1cc(Br)c(F)cc1NS(=O)(=O)c1cccc(N)c1C. The van der Waals surface area contributed by atoms with E-state index in [2.05, 4.69) is 20.7 Å². The molecule has 21 heavy (non-hydrogen) atoms. The van der Waals surface area contributed by atoms with Gasteiger partial charge in [-0.05, 0) is 65.2 Å². The summed E-state index contributed by atoms with van der Waals surface area (Å²) in [5, 5.41) is 0. The first-order valence-electron chi connectivity index (χ1n) is 6.06. The lowest BCUT2D eigenvalue weighted by molar-refractivity contribution is 0.600. The highest BCUT2D eigenvalue weighted by Gasteiger charge is 2.19. The molecular formula is C14H14BrFN2O2S. The van der Waals surface area contributed by atoms with Crippen LogP contribution in [0, 0.1) is 19.7 Å². The minimum Gasteiger partial charge on any atom is -0.398 e. The predicted octanol–water partition coefficient (Wildman–Crippen LogP) is 3.59. The molecular weight excluding hydrogens is 359 g/mol. The van der Waals surface area contributed by atoms with Crippen molar-refractivity contribution >= 4 is 37.3 Å². The first kappa shape index (κ1) is 15.8. The maximum absolute atomic E-state index is 13.6. The van der Waals surface area contributed by atoms with Gasteiger partial charge in [-0.25, -0.2) is 12.8 Å². The summed E-state index contributed by atoms with van der Waals surface area (Å²) in [6.45, 7) is 3.31. The molecule has 0 amide bonds. The van der Waals surface area contributed by atoms with Gasteiger partial charge in [-0.15, -0.1) is 0 Å². The Morgan fingerprint density at radius 1 is 1.24 bits per heavy atom. The molecule has 0 heterocycles. The molecule has 2 rings (SSSR count). The van der Waals surface area contributed by atoms with Crippen molar-refractivity contribution in [2.45, 2.75) is 18.7 Å². The van der Waals surface area contributed by atoms with Crippen LogP contribution in [0.1, 0.15) is 11.1 Å². The summed E-state index contributed by atoms with van der Waals surface area (Å²) in [6, 6.07) is 7.29. The highest BCUT2D eigenvalue weighted by Crippen LogP contribution is 2.27. The molecule has 2 aromatic rings. The monoisotopic (exact) mass is 372 g/mol. The molecule has 0 spiro atoms. The van der Waals surface area contributed by atoms with Crippen LogP contribution in [0.5, 0.6) is 0 Å². The van der Waals surface area contributed by atoms with Crippen LogP contribution in [-0.4, -0.2) is 8.42 Å². The minimum absolute atomic E-state index is 0.0743. The summed E-state index contributed by atoms with van der Waals surface area (Å²) in [7, 11) is -3.83. The minimum atomic E-state index is -3.83. The van der Waals surface area contributed by atoms with Gasteiger partial charge in [-0.2, -0.15) is 0 Å². The Morgan fingerprint density at radius 3 is 2.57 bits per heavy atom. The number of benzene rings is 2. The maximum Gasteiger partial charge on any atom is 0.262 e. The van der Waals surface area contributed by atoms with Gasteiger partial charge in [-0.1, -0.05) is 6.07 Å². The lowest BCUT2D eigenvalue weighted by atomic mass is 10.2. The van der Waals surface area contributed by atoms with Crippen LogP contribution in [0.15, 0.2) is 39.7 Å². The summed E-state index contributed by atoms with van der Waals surface area (Å²) in [6.07, 6.45) is 0. The van der Waals surface area contributed by atoms with Crippen LogP contribution in [-0.2, 0) is 10.0 Å². The number of sulfonamides is 1. The Bertz CT molecular complexity index is 807. The van der Waals surface area contributed by atoms with E-state index in [1.165, 1.54) is 12.1 Å². The van der Waals surface area contributed by atoms with E-state index in [4.69, 9.17) is 5.73 Å². The summed E-state index contributed by atoms with van der Waals surface area (Å²) < 4.78 is 41.1. The zero-order chi connectivity index (χ0) is 15.8. The van der Waals surface area contributed by atoms with Gasteiger partial charge in [0.25, 0.3) is 10.0 Å². The van der Waals surface area contributed by atoms with Crippen molar-refractivity contribution in [1.82, 2.24) is 0 Å². The van der Waals surface area contributed by atoms with E-state index in [1.807, 2.05) is 0 Å². The third-order valence-corrected chi connectivity index (χ3v) is 5.24. The molecule has 0 fully saturated rings. The topological polar surface area (TPSA) is 72.2 Å². The Morgan fingerprint density at radius 2 is 1.90 bits per heavy atom. The van der Waals surface area contributed by atoms with E-state index < -0.39 is 15.8 Å². The van der Waals surface area contributed by atoms with Crippen LogP contribution in [0.2, 0.25) is 0 Å². The van der Waals surface area contributed by atoms with Crippen molar-refractivity contribution in [1.29, 1.82) is 0 Å². The fourth-order valence-corrected chi connectivity index (χ4v) is 3.73. The molecule has 7 heteroatoms.